The Morgan fingerprint density at radius 1 is 0.625 bits per heavy atom. The van der Waals surface area contributed by atoms with Crippen LogP contribution < -0.4 is 16.4 Å². The third kappa shape index (κ3) is 31.8. The molecule has 404 valence electrons. The monoisotopic (exact) mass is 1010 g/mol. The number of aliphatic imine (C=N–C) groups is 1. The molecule has 0 unspecified atom stereocenters. The quantitative estimate of drug-likeness (QED) is 0.0223. The highest BCUT2D eigenvalue weighted by Crippen LogP contribution is 2.25. The van der Waals surface area contributed by atoms with Crippen molar-refractivity contribution in [3.8, 4) is 6.07 Å². The van der Waals surface area contributed by atoms with Crippen LogP contribution in [0.2, 0.25) is 0 Å². The third-order valence-electron chi connectivity index (χ3n) is 10.5. The molecule has 0 aliphatic heterocycles. The summed E-state index contributed by atoms with van der Waals surface area (Å²) in [6.45, 7) is 18.1. The van der Waals surface area contributed by atoms with Gasteiger partial charge in [-0.15, -0.1) is 0 Å². The minimum atomic E-state index is -0.483. The highest BCUT2D eigenvalue weighted by molar-refractivity contribution is 5.93. The molecule has 0 aliphatic rings. The molecule has 3 rings (SSSR count). The second kappa shape index (κ2) is 40.9. The molecule has 0 saturated heterocycles. The Kier molecular flexibility index (Phi) is 35.1. The molecule has 0 fully saturated rings. The van der Waals surface area contributed by atoms with Crippen LogP contribution in [0.5, 0.6) is 0 Å². The van der Waals surface area contributed by atoms with E-state index in [1.165, 1.54) is 23.8 Å². The lowest BCUT2D eigenvalue weighted by Gasteiger charge is -2.19. The van der Waals surface area contributed by atoms with Crippen LogP contribution in [0.3, 0.4) is 0 Å². The molecule has 0 bridgehead atoms. The average Bonchev–Trinajstić information content (AvgIpc) is 3.36. The van der Waals surface area contributed by atoms with Crippen molar-refractivity contribution in [3.05, 3.63) is 65.2 Å². The van der Waals surface area contributed by atoms with E-state index in [0.29, 0.717) is 163 Å². The van der Waals surface area contributed by atoms with Gasteiger partial charge in [-0.05, 0) is 94.3 Å². The van der Waals surface area contributed by atoms with Gasteiger partial charge in [0.05, 0.1) is 156 Å². The molecule has 0 spiro atoms. The molecule has 72 heavy (non-hydrogen) atoms. The first-order chi connectivity index (χ1) is 35.2. The van der Waals surface area contributed by atoms with Crippen molar-refractivity contribution in [1.29, 1.82) is 5.26 Å². The summed E-state index contributed by atoms with van der Waals surface area (Å²) in [4.78, 5) is 21.2. The molecule has 0 atom stereocenters. The number of pyridine rings is 1. The predicted octanol–water partition coefficient (Wildman–Crippen LogP) is 7.09. The second-order valence-electron chi connectivity index (χ2n) is 17.7. The van der Waals surface area contributed by atoms with Gasteiger partial charge in [0.25, 0.3) is 0 Å². The summed E-state index contributed by atoms with van der Waals surface area (Å²) in [5.74, 6) is 1.02. The van der Waals surface area contributed by atoms with Crippen molar-refractivity contribution >= 4 is 34.3 Å². The fraction of sp³-hybridized carbons (Fsp3) is 0.667. The van der Waals surface area contributed by atoms with Crippen molar-refractivity contribution in [3.63, 3.8) is 0 Å². The number of benzene rings is 2. The van der Waals surface area contributed by atoms with Crippen LogP contribution in [0.25, 0.3) is 10.9 Å². The first-order valence-electron chi connectivity index (χ1n) is 25.9. The van der Waals surface area contributed by atoms with Crippen LogP contribution in [0.15, 0.2) is 53.5 Å². The number of anilines is 2. The third-order valence-corrected chi connectivity index (χ3v) is 10.5. The van der Waals surface area contributed by atoms with Crippen LogP contribution in [-0.4, -0.2) is 168 Å². The number of aryl methyl sites for hydroxylation is 2. The van der Waals surface area contributed by atoms with E-state index in [2.05, 4.69) is 41.8 Å². The normalized spacial score (nSPS) is 11.8. The number of carbonyl (C=O) groups excluding carboxylic acids is 1. The van der Waals surface area contributed by atoms with Gasteiger partial charge in [-0.25, -0.2) is 4.98 Å². The number of guanidine groups is 1. The largest absolute Gasteiger partial charge is 0.460 e. The second-order valence-corrected chi connectivity index (χ2v) is 17.7. The lowest BCUT2D eigenvalue weighted by molar-refractivity contribution is -0.156. The molecule has 0 amide bonds. The van der Waals surface area contributed by atoms with Gasteiger partial charge < -0.3 is 68.5 Å². The van der Waals surface area contributed by atoms with Gasteiger partial charge in [-0.2, -0.15) is 5.26 Å². The maximum atomic E-state index is 11.6. The van der Waals surface area contributed by atoms with E-state index in [9.17, 15) is 10.1 Å². The summed E-state index contributed by atoms with van der Waals surface area (Å²) in [6.07, 6.45) is 8.70. The number of nitrogens with zero attached hydrogens (tertiary/aromatic N) is 3. The minimum Gasteiger partial charge on any atom is -0.460 e. The lowest BCUT2D eigenvalue weighted by atomic mass is 9.99. The number of nitriles is 1. The zero-order valence-corrected chi connectivity index (χ0v) is 43.9. The van der Waals surface area contributed by atoms with Gasteiger partial charge in [0.1, 0.15) is 11.4 Å². The number of hydrogen-bond acceptors (Lipinski definition) is 16. The van der Waals surface area contributed by atoms with Crippen LogP contribution in [-0.2, 0) is 69.7 Å². The van der Waals surface area contributed by atoms with E-state index in [1.807, 2.05) is 39.0 Å². The summed E-state index contributed by atoms with van der Waals surface area (Å²) in [5, 5.41) is 17.3. The number of nitrogen functional groups attached to an aromatic ring is 1. The first-order valence-corrected chi connectivity index (χ1v) is 25.9. The average molecular weight is 1010 g/mol. The van der Waals surface area contributed by atoms with Crippen molar-refractivity contribution in [2.45, 2.75) is 91.1 Å². The van der Waals surface area contributed by atoms with Crippen molar-refractivity contribution < 1.29 is 56.9 Å². The maximum Gasteiger partial charge on any atom is 0.308 e. The molecule has 0 saturated carbocycles. The van der Waals surface area contributed by atoms with E-state index in [-0.39, 0.29) is 12.4 Å². The summed E-state index contributed by atoms with van der Waals surface area (Å²) in [5.41, 5.74) is 10.6. The number of aromatic nitrogens is 1. The minimum absolute atomic E-state index is 0.224. The molecule has 18 heteroatoms. The maximum absolute atomic E-state index is 11.6. The van der Waals surface area contributed by atoms with E-state index in [1.54, 1.807) is 12.1 Å². The molecular formula is C54H86N6O12. The zero-order chi connectivity index (χ0) is 51.6. The molecule has 18 nitrogen and oxygen atoms in total. The standard InChI is InChI=1S/C54H86N6O12/c1-5-6-8-15-47-43-49-46(16-12-18-50(49)60-52(47)56)14-9-7-10-20-57-53(59-48-17-11-13-45(42-48)44-55)58-21-23-63-25-27-65-29-31-67-33-35-69-37-39-71-41-40-70-38-36-68-34-32-66-30-28-64-26-24-62-22-19-51(61)72-54(2,3)4/h11-13,16-18,42-43H,5-10,14-15,19-41H2,1-4H3,(H2,56,60)(H2,57,58,59). The Balaban J connectivity index is 1.09. The number of esters is 1. The van der Waals surface area contributed by atoms with Gasteiger partial charge in [-0.1, -0.05) is 44.4 Å². The predicted molar refractivity (Wildman–Crippen MR) is 281 cm³/mol. The molecule has 2 aromatic carbocycles. The Morgan fingerprint density at radius 2 is 1.12 bits per heavy atom. The fourth-order valence-corrected chi connectivity index (χ4v) is 6.91. The molecule has 0 aliphatic carbocycles. The number of fused-ring (bicyclic) bond motifs is 1. The Bertz CT molecular complexity index is 1930. The molecule has 4 N–H and O–H groups in total. The fourth-order valence-electron chi connectivity index (χ4n) is 6.91. The molecule has 3 aromatic rings. The number of rotatable bonds is 44. The number of ether oxygens (including phenoxy) is 11. The van der Waals surface area contributed by atoms with Gasteiger partial charge in [0.2, 0.25) is 0 Å². The highest BCUT2D eigenvalue weighted by atomic mass is 16.6. The Morgan fingerprint density at radius 3 is 1.65 bits per heavy atom. The SMILES string of the molecule is CCCCCc1cc2c(CCCCCN=C(NCCOCCOCCOCCOCCOCCOCCOCCOCCOCCOCCC(=O)OC(C)(C)C)Nc3cccc(C#N)c3)cccc2nc1N. The Hall–Kier alpha value is -4.52. The van der Waals surface area contributed by atoms with Gasteiger partial charge in [0.15, 0.2) is 5.96 Å². The summed E-state index contributed by atoms with van der Waals surface area (Å²) in [7, 11) is 0. The van der Waals surface area contributed by atoms with Crippen LogP contribution in [0.4, 0.5) is 11.5 Å². The Labute approximate surface area is 429 Å². The topological polar surface area (TPSA) is 218 Å². The van der Waals surface area contributed by atoms with Crippen molar-refractivity contribution in [2.75, 3.05) is 156 Å². The van der Waals surface area contributed by atoms with Crippen LogP contribution in [0.1, 0.15) is 89.3 Å². The summed E-state index contributed by atoms with van der Waals surface area (Å²) >= 11 is 0. The molecule has 1 heterocycles. The lowest BCUT2D eigenvalue weighted by Crippen LogP contribution is -2.34. The smallest absolute Gasteiger partial charge is 0.308 e. The number of nitrogens with one attached hydrogen (secondary N) is 2. The van der Waals surface area contributed by atoms with Crippen LogP contribution in [0, 0.1) is 11.3 Å². The van der Waals surface area contributed by atoms with Gasteiger partial charge in [0, 0.05) is 24.2 Å². The van der Waals surface area contributed by atoms with E-state index < -0.39 is 5.60 Å². The van der Waals surface area contributed by atoms with Gasteiger partial charge in [-0.3, -0.25) is 9.79 Å². The number of hydrogen-bond donors (Lipinski definition) is 3. The number of carbonyl (C=O) groups is 1. The van der Waals surface area contributed by atoms with Crippen LogP contribution >= 0.6 is 0 Å². The van der Waals surface area contributed by atoms with Crippen molar-refractivity contribution in [2.24, 2.45) is 4.99 Å². The zero-order valence-electron chi connectivity index (χ0n) is 43.9. The molecule has 0 radical (unpaired) electrons. The summed E-state index contributed by atoms with van der Waals surface area (Å²) < 4.78 is 60.7. The van der Waals surface area contributed by atoms with Crippen molar-refractivity contribution in [1.82, 2.24) is 10.3 Å². The van der Waals surface area contributed by atoms with Gasteiger partial charge >= 0.3 is 5.97 Å². The highest BCUT2D eigenvalue weighted by Gasteiger charge is 2.16. The summed E-state index contributed by atoms with van der Waals surface area (Å²) in [6, 6.07) is 18.1. The van der Waals surface area contributed by atoms with E-state index in [0.717, 1.165) is 55.3 Å². The first kappa shape index (κ1) is 61.8. The molecule has 1 aromatic heterocycles. The number of unbranched alkanes of at least 4 members (excludes halogenated alkanes) is 4. The number of nitrogens with two attached hydrogens (primary N) is 1. The molecular weight excluding hydrogens is 925 g/mol. The van der Waals surface area contributed by atoms with E-state index >= 15 is 0 Å². The van der Waals surface area contributed by atoms with E-state index in [4.69, 9.17) is 67.8 Å².